The Kier molecular flexibility index (Phi) is 7.35. The molecule has 0 bridgehead atoms. The van der Waals surface area contributed by atoms with Crippen molar-refractivity contribution >= 4 is 11.8 Å². The van der Waals surface area contributed by atoms with Gasteiger partial charge in [-0.05, 0) is 26.0 Å². The van der Waals surface area contributed by atoms with Gasteiger partial charge in [-0.15, -0.1) is 11.8 Å². The van der Waals surface area contributed by atoms with E-state index in [4.69, 9.17) is 14.2 Å². The highest BCUT2D eigenvalue weighted by molar-refractivity contribution is 7.99. The molecule has 0 saturated carbocycles. The van der Waals surface area contributed by atoms with Gasteiger partial charge in [0.05, 0.1) is 12.7 Å². The second-order valence-electron chi connectivity index (χ2n) is 4.14. The lowest BCUT2D eigenvalue weighted by molar-refractivity contribution is -0.106. The molecule has 0 fully saturated rings. The monoisotopic (exact) mass is 270 g/mol. The van der Waals surface area contributed by atoms with Gasteiger partial charge < -0.3 is 14.2 Å². The topological polar surface area (TPSA) is 27.7 Å². The Hall–Kier alpha value is -0.550. The van der Waals surface area contributed by atoms with Gasteiger partial charge in [-0.1, -0.05) is 12.1 Å². The van der Waals surface area contributed by atoms with Gasteiger partial charge in [0, 0.05) is 30.4 Å². The third-order valence-electron chi connectivity index (χ3n) is 2.38. The SMILES string of the molecule is COC(OC)c1ccc(SCCOC(C)C)cc1. The fourth-order valence-electron chi connectivity index (χ4n) is 1.53. The molecule has 102 valence electrons. The molecular formula is C14H22O3S. The second kappa shape index (κ2) is 8.53. The number of rotatable bonds is 8. The van der Waals surface area contributed by atoms with Crippen LogP contribution in [0.3, 0.4) is 0 Å². The fraction of sp³-hybridized carbons (Fsp3) is 0.571. The van der Waals surface area contributed by atoms with Crippen LogP contribution >= 0.6 is 11.8 Å². The number of ether oxygens (including phenoxy) is 3. The van der Waals surface area contributed by atoms with Crippen molar-refractivity contribution in [2.45, 2.75) is 31.1 Å². The highest BCUT2D eigenvalue weighted by Crippen LogP contribution is 2.22. The molecule has 0 atom stereocenters. The van der Waals surface area contributed by atoms with Gasteiger partial charge in [0.2, 0.25) is 0 Å². The maximum atomic E-state index is 5.50. The average molecular weight is 270 g/mol. The van der Waals surface area contributed by atoms with E-state index in [1.165, 1.54) is 4.90 Å². The molecule has 0 aliphatic heterocycles. The van der Waals surface area contributed by atoms with Crippen LogP contribution in [0.15, 0.2) is 29.2 Å². The zero-order chi connectivity index (χ0) is 13.4. The first kappa shape index (κ1) is 15.5. The average Bonchev–Trinajstić information content (AvgIpc) is 2.37. The van der Waals surface area contributed by atoms with Crippen LogP contribution in [0.4, 0.5) is 0 Å². The number of thioether (sulfide) groups is 1. The Labute approximate surface area is 114 Å². The lowest BCUT2D eigenvalue weighted by atomic mass is 10.2. The van der Waals surface area contributed by atoms with Crippen LogP contribution in [-0.4, -0.2) is 32.7 Å². The van der Waals surface area contributed by atoms with E-state index in [2.05, 4.69) is 26.0 Å². The summed E-state index contributed by atoms with van der Waals surface area (Å²) in [5.74, 6) is 0.968. The Bertz CT molecular complexity index is 320. The Morgan fingerprint density at radius 1 is 1.06 bits per heavy atom. The highest BCUT2D eigenvalue weighted by atomic mass is 32.2. The normalized spacial score (nSPS) is 11.4. The molecule has 0 aliphatic rings. The minimum Gasteiger partial charge on any atom is -0.378 e. The van der Waals surface area contributed by atoms with Crippen molar-refractivity contribution in [1.29, 1.82) is 0 Å². The Morgan fingerprint density at radius 3 is 2.17 bits per heavy atom. The number of hydrogen-bond acceptors (Lipinski definition) is 4. The van der Waals surface area contributed by atoms with Crippen LogP contribution in [0.1, 0.15) is 25.7 Å². The number of methoxy groups -OCH3 is 2. The third kappa shape index (κ3) is 5.40. The summed E-state index contributed by atoms with van der Waals surface area (Å²) in [7, 11) is 3.28. The van der Waals surface area contributed by atoms with Gasteiger partial charge in [-0.2, -0.15) is 0 Å². The van der Waals surface area contributed by atoms with E-state index in [1.54, 1.807) is 26.0 Å². The summed E-state index contributed by atoms with van der Waals surface area (Å²) in [4.78, 5) is 1.23. The van der Waals surface area contributed by atoms with Crippen molar-refractivity contribution in [2.24, 2.45) is 0 Å². The van der Waals surface area contributed by atoms with Gasteiger partial charge in [0.15, 0.2) is 6.29 Å². The molecule has 0 heterocycles. The molecule has 0 aliphatic carbocycles. The Morgan fingerprint density at radius 2 is 1.67 bits per heavy atom. The quantitative estimate of drug-likeness (QED) is 0.410. The van der Waals surface area contributed by atoms with Gasteiger partial charge in [0.25, 0.3) is 0 Å². The van der Waals surface area contributed by atoms with E-state index < -0.39 is 0 Å². The van der Waals surface area contributed by atoms with Crippen molar-refractivity contribution in [3.05, 3.63) is 29.8 Å². The zero-order valence-corrected chi connectivity index (χ0v) is 12.3. The van der Waals surface area contributed by atoms with Crippen LogP contribution in [0, 0.1) is 0 Å². The largest absolute Gasteiger partial charge is 0.378 e. The number of hydrogen-bond donors (Lipinski definition) is 0. The molecule has 0 saturated heterocycles. The Balaban J connectivity index is 2.40. The van der Waals surface area contributed by atoms with Crippen molar-refractivity contribution in [1.82, 2.24) is 0 Å². The van der Waals surface area contributed by atoms with Crippen molar-refractivity contribution in [3.8, 4) is 0 Å². The molecule has 0 radical (unpaired) electrons. The zero-order valence-electron chi connectivity index (χ0n) is 11.5. The molecule has 4 heteroatoms. The van der Waals surface area contributed by atoms with Crippen LogP contribution in [-0.2, 0) is 14.2 Å². The molecule has 1 rings (SSSR count). The fourth-order valence-corrected chi connectivity index (χ4v) is 2.28. The summed E-state index contributed by atoms with van der Waals surface area (Å²) in [5, 5.41) is 0. The van der Waals surface area contributed by atoms with E-state index in [9.17, 15) is 0 Å². The van der Waals surface area contributed by atoms with Crippen molar-refractivity contribution in [3.63, 3.8) is 0 Å². The molecule has 0 spiro atoms. The molecule has 18 heavy (non-hydrogen) atoms. The van der Waals surface area contributed by atoms with E-state index in [-0.39, 0.29) is 6.29 Å². The van der Waals surface area contributed by atoms with Crippen molar-refractivity contribution in [2.75, 3.05) is 26.6 Å². The molecule has 1 aromatic rings. The third-order valence-corrected chi connectivity index (χ3v) is 3.36. The molecule has 0 aromatic heterocycles. The lowest BCUT2D eigenvalue weighted by Crippen LogP contribution is -2.05. The summed E-state index contributed by atoms with van der Waals surface area (Å²) in [5.41, 5.74) is 1.03. The lowest BCUT2D eigenvalue weighted by Gasteiger charge is -2.13. The molecule has 0 unspecified atom stereocenters. The van der Waals surface area contributed by atoms with Gasteiger partial charge in [-0.3, -0.25) is 0 Å². The maximum absolute atomic E-state index is 5.50. The van der Waals surface area contributed by atoms with E-state index >= 15 is 0 Å². The van der Waals surface area contributed by atoms with Crippen LogP contribution in [0.5, 0.6) is 0 Å². The first-order valence-electron chi connectivity index (χ1n) is 6.07. The summed E-state index contributed by atoms with van der Waals surface area (Å²) >= 11 is 1.79. The summed E-state index contributed by atoms with van der Waals surface area (Å²) in [6, 6.07) is 8.23. The smallest absolute Gasteiger partial charge is 0.183 e. The first-order valence-corrected chi connectivity index (χ1v) is 7.06. The highest BCUT2D eigenvalue weighted by Gasteiger charge is 2.07. The maximum Gasteiger partial charge on any atom is 0.183 e. The van der Waals surface area contributed by atoms with E-state index in [0.717, 1.165) is 17.9 Å². The summed E-state index contributed by atoms with van der Waals surface area (Å²) in [6.07, 6.45) is 0.0189. The predicted octanol–water partition coefficient (Wildman–Crippen LogP) is 3.50. The molecular weight excluding hydrogens is 248 g/mol. The van der Waals surface area contributed by atoms with Crippen LogP contribution in [0.25, 0.3) is 0 Å². The van der Waals surface area contributed by atoms with Gasteiger partial charge in [0.1, 0.15) is 0 Å². The van der Waals surface area contributed by atoms with Crippen molar-refractivity contribution < 1.29 is 14.2 Å². The molecule has 3 nitrogen and oxygen atoms in total. The van der Waals surface area contributed by atoms with E-state index in [1.807, 2.05) is 12.1 Å². The van der Waals surface area contributed by atoms with Crippen LogP contribution < -0.4 is 0 Å². The number of benzene rings is 1. The molecule has 0 N–H and O–H groups in total. The van der Waals surface area contributed by atoms with Gasteiger partial charge >= 0.3 is 0 Å². The summed E-state index contributed by atoms with van der Waals surface area (Å²) < 4.78 is 15.9. The molecule has 0 amide bonds. The van der Waals surface area contributed by atoms with E-state index in [0.29, 0.717) is 6.10 Å². The van der Waals surface area contributed by atoms with Crippen LogP contribution in [0.2, 0.25) is 0 Å². The molecule has 1 aromatic carbocycles. The predicted molar refractivity (Wildman–Crippen MR) is 75.0 cm³/mol. The second-order valence-corrected chi connectivity index (χ2v) is 5.31. The summed E-state index contributed by atoms with van der Waals surface area (Å²) in [6.45, 7) is 4.88. The first-order chi connectivity index (χ1) is 8.67. The van der Waals surface area contributed by atoms with Gasteiger partial charge in [-0.25, -0.2) is 0 Å². The standard InChI is InChI=1S/C14H22O3S/c1-11(2)17-9-10-18-13-7-5-12(6-8-13)14(15-3)16-4/h5-8,11,14H,9-10H2,1-4H3. The minimum atomic E-state index is -0.284. The minimum absolute atomic E-state index is 0.284.